The number of rotatable bonds is 4. The zero-order valence-electron chi connectivity index (χ0n) is 28.3. The number of hydrogen-bond acceptors (Lipinski definition) is 10. The molecule has 0 radical (unpaired) electrons. The minimum atomic E-state index is -1.22. The lowest BCUT2D eigenvalue weighted by Crippen LogP contribution is -2.37. The number of fused-ring (bicyclic) bond motifs is 2. The molecule has 1 unspecified atom stereocenters. The Kier molecular flexibility index (Phi) is 9.43. The van der Waals surface area contributed by atoms with E-state index in [9.17, 15) is 24.3 Å². The quantitative estimate of drug-likeness (QED) is 0.255. The Morgan fingerprint density at radius 1 is 0.959 bits per heavy atom. The lowest BCUT2D eigenvalue weighted by Gasteiger charge is -2.29. The van der Waals surface area contributed by atoms with Gasteiger partial charge in [0, 0.05) is 41.9 Å². The first kappa shape index (κ1) is 34.9. The second-order valence-corrected chi connectivity index (χ2v) is 13.6. The van der Waals surface area contributed by atoms with Gasteiger partial charge in [0.2, 0.25) is 5.88 Å². The van der Waals surface area contributed by atoms with Crippen LogP contribution in [0.4, 0.5) is 40.8 Å². The summed E-state index contributed by atoms with van der Waals surface area (Å²) >= 11 is 0. The zero-order chi connectivity index (χ0) is 35.8. The molecule has 1 fully saturated rings. The maximum absolute atomic E-state index is 16.5. The van der Waals surface area contributed by atoms with Gasteiger partial charge in [-0.25, -0.2) is 33.5 Å². The number of nitrogens with one attached hydrogen (secondary N) is 2. The summed E-state index contributed by atoms with van der Waals surface area (Å²) in [7, 11) is 0. The summed E-state index contributed by atoms with van der Waals surface area (Å²) in [5, 5.41) is 15.4. The van der Waals surface area contributed by atoms with Crippen LogP contribution in [0, 0.1) is 12.7 Å². The van der Waals surface area contributed by atoms with Crippen LogP contribution in [0.1, 0.15) is 53.5 Å². The molecule has 0 saturated carbocycles. The Balaban J connectivity index is 1.47. The van der Waals surface area contributed by atoms with Crippen molar-refractivity contribution >= 4 is 52.3 Å². The second-order valence-electron chi connectivity index (χ2n) is 13.6. The summed E-state index contributed by atoms with van der Waals surface area (Å²) in [4.78, 5) is 61.1. The number of nitrogens with zero attached hydrogens (tertiary/aromatic N) is 4. The molecule has 4 heterocycles. The number of pyridine rings is 2. The fraction of sp³-hybridized carbons (Fsp3) is 0.455. The third kappa shape index (κ3) is 8.01. The van der Waals surface area contributed by atoms with Crippen LogP contribution in [-0.4, -0.2) is 87.9 Å². The number of amides is 4. The number of ether oxygens (including phenoxy) is 4. The molecule has 3 N–H and O–H groups in total. The third-order valence-corrected chi connectivity index (χ3v) is 7.50. The number of likely N-dealkylation sites (tertiary alicyclic amines) is 1. The largest absolute Gasteiger partial charge is 0.474 e. The van der Waals surface area contributed by atoms with Crippen LogP contribution < -0.4 is 20.3 Å². The molecule has 2 aromatic heterocycles. The first-order chi connectivity index (χ1) is 22.9. The van der Waals surface area contributed by atoms with E-state index in [1.54, 1.807) is 48.5 Å². The van der Waals surface area contributed by atoms with Gasteiger partial charge in [0.05, 0.1) is 18.8 Å². The molecule has 49 heavy (non-hydrogen) atoms. The number of halogens is 1. The van der Waals surface area contributed by atoms with Gasteiger partial charge in [-0.1, -0.05) is 0 Å². The molecule has 4 amide bonds. The van der Waals surface area contributed by atoms with Gasteiger partial charge in [-0.2, -0.15) is 0 Å². The molecular formula is C33H39FN6O9. The van der Waals surface area contributed by atoms with Crippen molar-refractivity contribution in [1.82, 2.24) is 14.9 Å². The molecule has 3 aromatic rings. The first-order valence-corrected chi connectivity index (χ1v) is 15.6. The number of aromatic nitrogens is 2. The topological polar surface area (TPSA) is 182 Å². The lowest BCUT2D eigenvalue weighted by atomic mass is 9.96. The van der Waals surface area contributed by atoms with E-state index < -0.39 is 47.5 Å². The van der Waals surface area contributed by atoms with Crippen LogP contribution in [0.15, 0.2) is 24.5 Å². The normalized spacial score (nSPS) is 16.0. The van der Waals surface area contributed by atoms with Crippen LogP contribution in [0.25, 0.3) is 21.9 Å². The van der Waals surface area contributed by atoms with Crippen molar-refractivity contribution in [1.29, 1.82) is 0 Å². The Bertz CT molecular complexity index is 1820. The fourth-order valence-electron chi connectivity index (χ4n) is 5.47. The number of carboxylic acid groups (broad SMARTS) is 1. The van der Waals surface area contributed by atoms with Crippen molar-refractivity contribution in [3.8, 4) is 17.0 Å². The van der Waals surface area contributed by atoms with Crippen LogP contribution in [0.2, 0.25) is 0 Å². The van der Waals surface area contributed by atoms with Crippen molar-refractivity contribution in [2.24, 2.45) is 0 Å². The Hall–Kier alpha value is -5.41. The van der Waals surface area contributed by atoms with Crippen LogP contribution in [0.5, 0.6) is 5.88 Å². The minimum Gasteiger partial charge on any atom is -0.474 e. The Morgan fingerprint density at radius 3 is 2.35 bits per heavy atom. The molecule has 1 aromatic carbocycles. The highest BCUT2D eigenvalue weighted by Gasteiger charge is 2.33. The van der Waals surface area contributed by atoms with Gasteiger partial charge < -0.3 is 29.0 Å². The van der Waals surface area contributed by atoms with Gasteiger partial charge in [-0.3, -0.25) is 15.5 Å². The van der Waals surface area contributed by atoms with Crippen LogP contribution >= 0.6 is 0 Å². The predicted molar refractivity (Wildman–Crippen MR) is 177 cm³/mol. The van der Waals surface area contributed by atoms with E-state index in [0.717, 1.165) is 4.90 Å². The highest BCUT2D eigenvalue weighted by atomic mass is 19.1. The summed E-state index contributed by atoms with van der Waals surface area (Å²) in [5.41, 5.74) is -1.02. The fourth-order valence-corrected chi connectivity index (χ4v) is 5.47. The van der Waals surface area contributed by atoms with E-state index >= 15 is 4.39 Å². The van der Waals surface area contributed by atoms with Gasteiger partial charge in [0.15, 0.2) is 5.82 Å². The lowest BCUT2D eigenvalue weighted by molar-refractivity contribution is 0.0262. The van der Waals surface area contributed by atoms with Gasteiger partial charge >= 0.3 is 24.4 Å². The monoisotopic (exact) mass is 682 g/mol. The van der Waals surface area contributed by atoms with Gasteiger partial charge in [0.1, 0.15) is 35.4 Å². The van der Waals surface area contributed by atoms with Crippen molar-refractivity contribution in [3.63, 3.8) is 0 Å². The van der Waals surface area contributed by atoms with Gasteiger partial charge in [-0.15, -0.1) is 0 Å². The predicted octanol–water partition coefficient (Wildman–Crippen LogP) is 6.53. The van der Waals surface area contributed by atoms with Gasteiger partial charge in [-0.05, 0) is 71.5 Å². The van der Waals surface area contributed by atoms with Crippen molar-refractivity contribution in [2.45, 2.75) is 72.2 Å². The number of carbonyl (C=O) groups excluding carboxylic acids is 3. The molecule has 1 saturated heterocycles. The SMILES string of the molecule is Cc1c(-c2cc3cc(NC(=O)OC4CCN(C(=O)OC(C)(C)C)C4)ncc3c(NC(=O)OC(C)(C)C)c2F)cnc2c1N(C(=O)O)CCO2. The molecule has 1 atom stereocenters. The minimum absolute atomic E-state index is 0.0183. The smallest absolute Gasteiger partial charge is 0.413 e. The van der Waals surface area contributed by atoms with Crippen molar-refractivity contribution in [2.75, 3.05) is 41.8 Å². The van der Waals surface area contributed by atoms with Crippen LogP contribution in [0.3, 0.4) is 0 Å². The first-order valence-electron chi connectivity index (χ1n) is 15.6. The molecule has 0 spiro atoms. The highest BCUT2D eigenvalue weighted by molar-refractivity contribution is 6.04. The maximum atomic E-state index is 16.5. The van der Waals surface area contributed by atoms with E-state index in [4.69, 9.17) is 18.9 Å². The van der Waals surface area contributed by atoms with E-state index in [1.807, 2.05) is 0 Å². The summed E-state index contributed by atoms with van der Waals surface area (Å²) < 4.78 is 38.3. The van der Waals surface area contributed by atoms with Gasteiger partial charge in [0.25, 0.3) is 0 Å². The maximum Gasteiger partial charge on any atom is 0.413 e. The number of hydrogen-bond donors (Lipinski definition) is 3. The van der Waals surface area contributed by atoms with Crippen molar-refractivity contribution in [3.05, 3.63) is 35.9 Å². The van der Waals surface area contributed by atoms with E-state index in [2.05, 4.69) is 20.6 Å². The molecule has 2 aliphatic rings. The molecule has 0 bridgehead atoms. The van der Waals surface area contributed by atoms with Crippen molar-refractivity contribution < 1.29 is 47.6 Å². The average Bonchev–Trinajstić information content (AvgIpc) is 3.45. The van der Waals surface area contributed by atoms with E-state index in [-0.39, 0.29) is 59.3 Å². The average molecular weight is 683 g/mol. The third-order valence-electron chi connectivity index (χ3n) is 7.50. The van der Waals surface area contributed by atoms with E-state index in [0.29, 0.717) is 23.9 Å². The Morgan fingerprint density at radius 2 is 1.67 bits per heavy atom. The molecule has 15 nitrogen and oxygen atoms in total. The van der Waals surface area contributed by atoms with E-state index in [1.165, 1.54) is 29.4 Å². The summed E-state index contributed by atoms with van der Waals surface area (Å²) in [6.07, 6.45) is -0.975. The second kappa shape index (κ2) is 13.2. The summed E-state index contributed by atoms with van der Waals surface area (Å²) in [6, 6.07) is 2.94. The molecule has 5 rings (SSSR count). The van der Waals surface area contributed by atoms with Crippen LogP contribution in [-0.2, 0) is 14.2 Å². The number of benzene rings is 1. The Labute approximate surface area is 281 Å². The standard InChI is InChI=1S/C33H39FN6O9/c1-17-21(14-36-27-26(17)40(30(43)44)10-11-46-27)20-12-18-13-23(35-15-22(18)25(24(20)34)38-29(42)48-32(2,3)4)37-28(41)47-19-8-9-39(16-19)31(45)49-33(5,6)7/h12-15,19H,8-11,16H2,1-7H3,(H,38,42)(H,43,44)(H,35,37,41). The summed E-state index contributed by atoms with van der Waals surface area (Å²) in [6.45, 7) is 12.6. The molecular weight excluding hydrogens is 643 g/mol. The zero-order valence-corrected chi connectivity index (χ0v) is 28.3. The number of anilines is 3. The highest BCUT2D eigenvalue weighted by Crippen LogP contribution is 2.42. The summed E-state index contributed by atoms with van der Waals surface area (Å²) in [5.74, 6) is -0.695. The molecule has 0 aliphatic carbocycles. The number of carbonyl (C=O) groups is 4. The molecule has 16 heteroatoms. The molecule has 2 aliphatic heterocycles. The molecule has 262 valence electrons.